The Kier molecular flexibility index (Phi) is 2.86. The fourth-order valence-corrected chi connectivity index (χ4v) is 2.29. The largest absolute Gasteiger partial charge is 0.480 e. The molecule has 102 valence electrons. The van der Waals surface area contributed by atoms with Gasteiger partial charge in [-0.1, -0.05) is 18.2 Å². The van der Waals surface area contributed by atoms with Gasteiger partial charge >= 0.3 is 11.7 Å². The summed E-state index contributed by atoms with van der Waals surface area (Å²) in [5.41, 5.74) is 1.25. The average molecular weight is 272 g/mol. The van der Waals surface area contributed by atoms with Gasteiger partial charge in [-0.15, -0.1) is 0 Å². The van der Waals surface area contributed by atoms with Crippen LogP contribution in [0, 0.1) is 0 Å². The van der Waals surface area contributed by atoms with E-state index in [0.717, 1.165) is 21.0 Å². The number of H-pyrrole nitrogens is 2. The van der Waals surface area contributed by atoms with Crippen LogP contribution in [-0.2, 0) is 11.2 Å². The Morgan fingerprint density at radius 2 is 2.20 bits per heavy atom. The highest BCUT2D eigenvalue weighted by molar-refractivity contribution is 5.84. The van der Waals surface area contributed by atoms with Gasteiger partial charge in [0.2, 0.25) is 0 Å². The lowest BCUT2D eigenvalue weighted by Crippen LogP contribution is -2.29. The van der Waals surface area contributed by atoms with E-state index in [1.165, 1.54) is 6.33 Å². The first-order chi connectivity index (χ1) is 9.66. The van der Waals surface area contributed by atoms with E-state index >= 15 is 0 Å². The molecule has 0 bridgehead atoms. The molecule has 2 aromatic heterocycles. The predicted octanol–water partition coefficient (Wildman–Crippen LogP) is 0.921. The normalized spacial score (nSPS) is 12.6. The molecule has 0 aliphatic rings. The van der Waals surface area contributed by atoms with Crippen LogP contribution in [0.5, 0.6) is 0 Å². The molecule has 0 amide bonds. The van der Waals surface area contributed by atoms with Gasteiger partial charge in [0.15, 0.2) is 0 Å². The van der Waals surface area contributed by atoms with Crippen LogP contribution in [-0.4, -0.2) is 30.8 Å². The minimum Gasteiger partial charge on any atom is -0.480 e. The highest BCUT2D eigenvalue weighted by atomic mass is 16.4. The van der Waals surface area contributed by atoms with Gasteiger partial charge in [0.1, 0.15) is 12.4 Å². The van der Waals surface area contributed by atoms with Crippen molar-refractivity contribution in [3.05, 3.63) is 52.8 Å². The lowest BCUT2D eigenvalue weighted by atomic mass is 10.1. The Bertz CT molecular complexity index is 814. The average Bonchev–Trinajstić information content (AvgIpc) is 3.02. The minimum absolute atomic E-state index is 0.207. The highest BCUT2D eigenvalue weighted by Gasteiger charge is 2.23. The fourth-order valence-electron chi connectivity index (χ4n) is 2.29. The van der Waals surface area contributed by atoms with Crippen molar-refractivity contribution in [2.75, 3.05) is 0 Å². The number of nitrogens with zero attached hydrogens (tertiary/aromatic N) is 2. The minimum atomic E-state index is -1.07. The van der Waals surface area contributed by atoms with Gasteiger partial charge in [0, 0.05) is 23.5 Å². The fraction of sp³-hybridized carbons (Fsp3) is 0.154. The van der Waals surface area contributed by atoms with Crippen LogP contribution < -0.4 is 5.69 Å². The summed E-state index contributed by atoms with van der Waals surface area (Å²) in [6.07, 6.45) is 3.18. The van der Waals surface area contributed by atoms with Gasteiger partial charge in [-0.05, 0) is 11.6 Å². The molecule has 0 spiro atoms. The predicted molar refractivity (Wildman–Crippen MR) is 71.5 cm³/mol. The van der Waals surface area contributed by atoms with E-state index in [1.54, 1.807) is 6.20 Å². The standard InChI is InChI=1S/C13H12N4O3/c18-12(19)11(17-7-15-16-13(17)20)5-8-6-14-10-4-2-1-3-9(8)10/h1-4,6-7,11,14H,5H2,(H,16,20)(H,18,19). The summed E-state index contributed by atoms with van der Waals surface area (Å²) in [6, 6.07) is 6.63. The summed E-state index contributed by atoms with van der Waals surface area (Å²) < 4.78 is 1.09. The van der Waals surface area contributed by atoms with Crippen molar-refractivity contribution in [2.24, 2.45) is 0 Å². The zero-order valence-electron chi connectivity index (χ0n) is 10.4. The summed E-state index contributed by atoms with van der Waals surface area (Å²) in [5, 5.41) is 16.1. The zero-order chi connectivity index (χ0) is 14.1. The maximum Gasteiger partial charge on any atom is 0.343 e. The number of carboxylic acids is 1. The molecule has 1 unspecified atom stereocenters. The van der Waals surface area contributed by atoms with Crippen molar-refractivity contribution in [3.63, 3.8) is 0 Å². The van der Waals surface area contributed by atoms with Crippen molar-refractivity contribution in [1.82, 2.24) is 19.7 Å². The molecule has 7 heteroatoms. The van der Waals surface area contributed by atoms with Crippen molar-refractivity contribution >= 4 is 16.9 Å². The lowest BCUT2D eigenvalue weighted by molar-refractivity contribution is -0.141. The Morgan fingerprint density at radius 3 is 2.90 bits per heavy atom. The molecule has 3 rings (SSSR count). The van der Waals surface area contributed by atoms with Gasteiger partial charge in [-0.2, -0.15) is 5.10 Å². The monoisotopic (exact) mass is 272 g/mol. The second-order valence-corrected chi connectivity index (χ2v) is 4.49. The van der Waals surface area contributed by atoms with E-state index in [1.807, 2.05) is 24.3 Å². The number of hydrogen-bond donors (Lipinski definition) is 3. The number of benzene rings is 1. The number of carbonyl (C=O) groups is 1. The molecular weight excluding hydrogens is 260 g/mol. The van der Waals surface area contributed by atoms with Crippen LogP contribution in [0.25, 0.3) is 10.9 Å². The van der Waals surface area contributed by atoms with E-state index < -0.39 is 17.7 Å². The highest BCUT2D eigenvalue weighted by Crippen LogP contribution is 2.22. The second-order valence-electron chi connectivity index (χ2n) is 4.49. The molecule has 1 aromatic carbocycles. The number of nitrogens with one attached hydrogen (secondary N) is 2. The first kappa shape index (κ1) is 12.2. The van der Waals surface area contributed by atoms with Crippen LogP contribution in [0.4, 0.5) is 0 Å². The van der Waals surface area contributed by atoms with Gasteiger partial charge in [-0.3, -0.25) is 4.57 Å². The van der Waals surface area contributed by atoms with Gasteiger partial charge in [0.25, 0.3) is 0 Å². The first-order valence-corrected chi connectivity index (χ1v) is 6.06. The van der Waals surface area contributed by atoms with E-state index in [0.29, 0.717) is 0 Å². The van der Waals surface area contributed by atoms with E-state index in [9.17, 15) is 14.7 Å². The number of rotatable bonds is 4. The molecule has 3 aromatic rings. The summed E-state index contributed by atoms with van der Waals surface area (Å²) in [7, 11) is 0. The van der Waals surface area contributed by atoms with E-state index in [-0.39, 0.29) is 6.42 Å². The maximum absolute atomic E-state index is 11.5. The molecule has 0 aliphatic heterocycles. The summed E-state index contributed by atoms with van der Waals surface area (Å²) in [4.78, 5) is 26.0. The molecule has 3 N–H and O–H groups in total. The Hall–Kier alpha value is -2.83. The number of fused-ring (bicyclic) bond motifs is 1. The Morgan fingerprint density at radius 1 is 1.40 bits per heavy atom. The van der Waals surface area contributed by atoms with Crippen LogP contribution in [0.15, 0.2) is 41.6 Å². The van der Waals surface area contributed by atoms with Crippen LogP contribution in [0.1, 0.15) is 11.6 Å². The zero-order valence-corrected chi connectivity index (χ0v) is 10.4. The number of para-hydroxylation sites is 1. The molecule has 20 heavy (non-hydrogen) atoms. The molecule has 0 saturated heterocycles. The van der Waals surface area contributed by atoms with Gasteiger partial charge in [-0.25, -0.2) is 14.7 Å². The van der Waals surface area contributed by atoms with Gasteiger partial charge in [0.05, 0.1) is 0 Å². The molecule has 1 atom stereocenters. The second kappa shape index (κ2) is 4.69. The number of aromatic amines is 2. The number of hydrogen-bond acceptors (Lipinski definition) is 3. The van der Waals surface area contributed by atoms with Gasteiger partial charge < -0.3 is 10.1 Å². The SMILES string of the molecule is O=C(O)C(Cc1c[nH]c2ccccc12)n1cn[nH]c1=O. The van der Waals surface area contributed by atoms with E-state index in [4.69, 9.17) is 0 Å². The topological polar surface area (TPSA) is 104 Å². The van der Waals surface area contributed by atoms with Crippen molar-refractivity contribution in [2.45, 2.75) is 12.5 Å². The van der Waals surface area contributed by atoms with E-state index in [2.05, 4.69) is 15.2 Å². The number of aromatic nitrogens is 4. The van der Waals surface area contributed by atoms with Crippen LogP contribution in [0.3, 0.4) is 0 Å². The molecule has 7 nitrogen and oxygen atoms in total. The number of carboxylic acid groups (broad SMARTS) is 1. The molecule has 0 aliphatic carbocycles. The Balaban J connectivity index is 2.01. The summed E-state index contributed by atoms with van der Waals surface area (Å²) in [6.45, 7) is 0. The van der Waals surface area contributed by atoms with Crippen molar-refractivity contribution < 1.29 is 9.90 Å². The Labute approximate surface area is 112 Å². The van der Waals surface area contributed by atoms with Crippen LogP contribution >= 0.6 is 0 Å². The molecule has 0 fully saturated rings. The lowest BCUT2D eigenvalue weighted by Gasteiger charge is -2.11. The van der Waals surface area contributed by atoms with Crippen molar-refractivity contribution in [3.8, 4) is 0 Å². The number of aliphatic carboxylic acids is 1. The third-order valence-electron chi connectivity index (χ3n) is 3.29. The smallest absolute Gasteiger partial charge is 0.343 e. The van der Waals surface area contributed by atoms with Crippen molar-refractivity contribution in [1.29, 1.82) is 0 Å². The maximum atomic E-state index is 11.5. The quantitative estimate of drug-likeness (QED) is 0.657. The molecule has 0 saturated carbocycles. The third kappa shape index (κ3) is 1.99. The first-order valence-electron chi connectivity index (χ1n) is 6.06. The molecule has 2 heterocycles. The third-order valence-corrected chi connectivity index (χ3v) is 3.29. The molecule has 0 radical (unpaired) electrons. The van der Waals surface area contributed by atoms with Crippen LogP contribution in [0.2, 0.25) is 0 Å². The molecular formula is C13H12N4O3. The summed E-state index contributed by atoms with van der Waals surface area (Å²) in [5.74, 6) is -1.07. The summed E-state index contributed by atoms with van der Waals surface area (Å²) >= 11 is 0.